The van der Waals surface area contributed by atoms with E-state index in [1.165, 1.54) is 23.5 Å². The average Bonchev–Trinajstić information content (AvgIpc) is 3.21. The van der Waals surface area contributed by atoms with Crippen LogP contribution in [-0.2, 0) is 6.54 Å². The Hall–Kier alpha value is -3.06. The van der Waals surface area contributed by atoms with Crippen molar-refractivity contribution in [1.29, 1.82) is 0 Å². The van der Waals surface area contributed by atoms with E-state index in [1.54, 1.807) is 24.5 Å². The number of hydrogen-bond donors (Lipinski definition) is 1. The minimum absolute atomic E-state index is 0.127. The zero-order valence-electron chi connectivity index (χ0n) is 13.9. The molecule has 7 heteroatoms. The Kier molecular flexibility index (Phi) is 4.22. The number of thiazole rings is 1. The minimum atomic E-state index is -0.279. The van der Waals surface area contributed by atoms with Crippen LogP contribution in [0, 0.1) is 12.7 Å². The second-order valence-corrected chi connectivity index (χ2v) is 6.82. The van der Waals surface area contributed by atoms with Gasteiger partial charge in [0.05, 0.1) is 5.69 Å². The number of rotatable bonds is 4. The lowest BCUT2D eigenvalue weighted by atomic mass is 10.2. The summed E-state index contributed by atoms with van der Waals surface area (Å²) in [5.74, 6) is -0.405. The molecule has 0 aliphatic carbocycles. The lowest BCUT2D eigenvalue weighted by Crippen LogP contribution is -2.22. The van der Waals surface area contributed by atoms with E-state index in [0.29, 0.717) is 11.4 Å². The minimum Gasteiger partial charge on any atom is -0.347 e. The maximum absolute atomic E-state index is 13.1. The number of halogens is 1. The first-order chi connectivity index (χ1) is 12.6. The van der Waals surface area contributed by atoms with Crippen molar-refractivity contribution >= 4 is 22.2 Å². The summed E-state index contributed by atoms with van der Waals surface area (Å²) in [7, 11) is 0. The number of benzene rings is 1. The van der Waals surface area contributed by atoms with E-state index in [9.17, 15) is 9.18 Å². The number of nitrogens with zero attached hydrogens (tertiary/aromatic N) is 3. The first kappa shape index (κ1) is 16.4. The normalized spacial score (nSPS) is 11.0. The van der Waals surface area contributed by atoms with Crippen molar-refractivity contribution in [3.8, 4) is 11.3 Å². The van der Waals surface area contributed by atoms with Gasteiger partial charge in [0.15, 0.2) is 4.96 Å². The summed E-state index contributed by atoms with van der Waals surface area (Å²) < 4.78 is 15.0. The van der Waals surface area contributed by atoms with Gasteiger partial charge in [0, 0.05) is 36.4 Å². The second-order valence-electron chi connectivity index (χ2n) is 5.84. The van der Waals surface area contributed by atoms with Crippen LogP contribution in [-0.4, -0.2) is 20.3 Å². The van der Waals surface area contributed by atoms with Crippen molar-refractivity contribution in [2.24, 2.45) is 0 Å². The molecule has 0 unspecified atom stereocenters. The van der Waals surface area contributed by atoms with E-state index in [2.05, 4.69) is 15.3 Å². The van der Waals surface area contributed by atoms with Crippen molar-refractivity contribution in [2.75, 3.05) is 0 Å². The molecule has 0 fully saturated rings. The van der Waals surface area contributed by atoms with Gasteiger partial charge in [-0.15, -0.1) is 0 Å². The van der Waals surface area contributed by atoms with Crippen molar-refractivity contribution in [1.82, 2.24) is 19.7 Å². The first-order valence-corrected chi connectivity index (χ1v) is 8.85. The number of nitrogens with one attached hydrogen (secondary N) is 1. The van der Waals surface area contributed by atoms with Gasteiger partial charge in [-0.3, -0.25) is 14.2 Å². The highest BCUT2D eigenvalue weighted by Crippen LogP contribution is 2.27. The summed E-state index contributed by atoms with van der Waals surface area (Å²) in [5.41, 5.74) is 3.41. The van der Waals surface area contributed by atoms with E-state index >= 15 is 0 Å². The SMILES string of the molecule is Cc1c(C(=O)NCc2ccncc2)sc2nc(-c3ccc(F)cc3)cn12. The van der Waals surface area contributed by atoms with Gasteiger partial charge in [0.1, 0.15) is 10.7 Å². The van der Waals surface area contributed by atoms with Crippen molar-refractivity contribution in [3.05, 3.63) is 76.9 Å². The van der Waals surface area contributed by atoms with Crippen LogP contribution in [0.1, 0.15) is 20.9 Å². The Bertz CT molecular complexity index is 1070. The number of pyridine rings is 1. The molecule has 0 aliphatic rings. The zero-order chi connectivity index (χ0) is 18.1. The summed E-state index contributed by atoms with van der Waals surface area (Å²) in [6.07, 6.45) is 5.26. The number of aryl methyl sites for hydroxylation is 1. The number of amides is 1. The molecule has 4 rings (SSSR count). The van der Waals surface area contributed by atoms with E-state index in [-0.39, 0.29) is 11.7 Å². The molecule has 0 aliphatic heterocycles. The van der Waals surface area contributed by atoms with Crippen molar-refractivity contribution in [3.63, 3.8) is 0 Å². The Morgan fingerprint density at radius 2 is 1.92 bits per heavy atom. The molecular formula is C19H15FN4OS. The fourth-order valence-electron chi connectivity index (χ4n) is 2.68. The van der Waals surface area contributed by atoms with E-state index in [0.717, 1.165) is 27.5 Å². The molecular weight excluding hydrogens is 351 g/mol. The molecule has 1 amide bonds. The van der Waals surface area contributed by atoms with Gasteiger partial charge in [-0.1, -0.05) is 11.3 Å². The van der Waals surface area contributed by atoms with Gasteiger partial charge < -0.3 is 5.32 Å². The standard InChI is InChI=1S/C19H15FN4OS/c1-12-17(18(25)22-10-13-6-8-21-9-7-13)26-19-23-16(11-24(12)19)14-2-4-15(20)5-3-14/h2-9,11H,10H2,1H3,(H,22,25). The molecule has 0 radical (unpaired) electrons. The zero-order valence-corrected chi connectivity index (χ0v) is 14.8. The quantitative estimate of drug-likeness (QED) is 0.597. The molecule has 0 spiro atoms. The van der Waals surface area contributed by atoms with Crippen LogP contribution in [0.3, 0.4) is 0 Å². The maximum atomic E-state index is 13.1. The monoisotopic (exact) mass is 366 g/mol. The van der Waals surface area contributed by atoms with Crippen LogP contribution in [0.5, 0.6) is 0 Å². The van der Waals surface area contributed by atoms with Gasteiger partial charge in [-0.25, -0.2) is 9.37 Å². The third-order valence-electron chi connectivity index (χ3n) is 4.11. The third-order valence-corrected chi connectivity index (χ3v) is 5.26. The maximum Gasteiger partial charge on any atom is 0.263 e. The highest BCUT2D eigenvalue weighted by Gasteiger charge is 2.18. The Balaban J connectivity index is 1.57. The van der Waals surface area contributed by atoms with Crippen LogP contribution in [0.4, 0.5) is 4.39 Å². The Morgan fingerprint density at radius 1 is 1.19 bits per heavy atom. The highest BCUT2D eigenvalue weighted by molar-refractivity contribution is 7.19. The molecule has 130 valence electrons. The van der Waals surface area contributed by atoms with Gasteiger partial charge in [-0.05, 0) is 48.9 Å². The molecule has 1 aromatic carbocycles. The predicted octanol–water partition coefficient (Wildman–Crippen LogP) is 3.84. The van der Waals surface area contributed by atoms with Crippen molar-refractivity contribution in [2.45, 2.75) is 13.5 Å². The summed E-state index contributed by atoms with van der Waals surface area (Å²) in [5, 5.41) is 2.92. The molecule has 1 N–H and O–H groups in total. The van der Waals surface area contributed by atoms with Gasteiger partial charge >= 0.3 is 0 Å². The van der Waals surface area contributed by atoms with Crippen LogP contribution in [0.25, 0.3) is 16.2 Å². The Labute approximate surface area is 153 Å². The lowest BCUT2D eigenvalue weighted by molar-refractivity contribution is 0.0954. The molecule has 0 saturated carbocycles. The van der Waals surface area contributed by atoms with Crippen LogP contribution < -0.4 is 5.32 Å². The molecule has 4 aromatic rings. The average molecular weight is 366 g/mol. The van der Waals surface area contributed by atoms with E-state index < -0.39 is 0 Å². The topological polar surface area (TPSA) is 59.3 Å². The molecule has 5 nitrogen and oxygen atoms in total. The molecule has 26 heavy (non-hydrogen) atoms. The number of carbonyl (C=O) groups is 1. The lowest BCUT2D eigenvalue weighted by Gasteiger charge is -2.04. The largest absolute Gasteiger partial charge is 0.347 e. The van der Waals surface area contributed by atoms with E-state index in [4.69, 9.17) is 0 Å². The molecule has 0 atom stereocenters. The fourth-order valence-corrected chi connectivity index (χ4v) is 3.71. The van der Waals surface area contributed by atoms with Crippen LogP contribution >= 0.6 is 11.3 Å². The third kappa shape index (κ3) is 3.09. The summed E-state index contributed by atoms with van der Waals surface area (Å²) in [6, 6.07) is 9.94. The highest BCUT2D eigenvalue weighted by atomic mass is 32.1. The summed E-state index contributed by atoms with van der Waals surface area (Å²) in [6.45, 7) is 2.34. The fraction of sp³-hybridized carbons (Fsp3) is 0.105. The first-order valence-electron chi connectivity index (χ1n) is 8.03. The van der Waals surface area contributed by atoms with Gasteiger partial charge in [0.2, 0.25) is 0 Å². The summed E-state index contributed by atoms with van der Waals surface area (Å²) in [4.78, 5) is 22.4. The number of aromatic nitrogens is 3. The number of fused-ring (bicyclic) bond motifs is 1. The molecule has 3 aromatic heterocycles. The van der Waals surface area contributed by atoms with E-state index in [1.807, 2.05) is 29.7 Å². The molecule has 0 saturated heterocycles. The predicted molar refractivity (Wildman–Crippen MR) is 98.6 cm³/mol. The number of carbonyl (C=O) groups excluding carboxylic acids is 1. The van der Waals surface area contributed by atoms with Gasteiger partial charge in [-0.2, -0.15) is 0 Å². The second kappa shape index (κ2) is 6.68. The smallest absolute Gasteiger partial charge is 0.263 e. The number of imidazole rings is 1. The van der Waals surface area contributed by atoms with Crippen LogP contribution in [0.15, 0.2) is 55.0 Å². The van der Waals surface area contributed by atoms with Crippen molar-refractivity contribution < 1.29 is 9.18 Å². The summed E-state index contributed by atoms with van der Waals surface area (Å²) >= 11 is 1.34. The van der Waals surface area contributed by atoms with Crippen LogP contribution in [0.2, 0.25) is 0 Å². The number of hydrogen-bond acceptors (Lipinski definition) is 4. The van der Waals surface area contributed by atoms with Gasteiger partial charge in [0.25, 0.3) is 5.91 Å². The Morgan fingerprint density at radius 3 is 2.62 bits per heavy atom. The molecule has 0 bridgehead atoms. The molecule has 3 heterocycles.